The first kappa shape index (κ1) is 14.1. The molecule has 0 saturated heterocycles. The van der Waals surface area contributed by atoms with E-state index in [1.54, 1.807) is 6.07 Å². The first-order valence-corrected chi connectivity index (χ1v) is 7.73. The number of hydrogen-bond donors (Lipinski definition) is 2. The topological polar surface area (TPSA) is 85.1 Å². The highest BCUT2D eigenvalue weighted by Crippen LogP contribution is 2.25. The number of rotatable bonds is 3. The average molecular weight is 363 g/mol. The molecule has 0 aliphatic heterocycles. The van der Waals surface area contributed by atoms with E-state index in [0.29, 0.717) is 15.2 Å². The number of benzene rings is 1. The van der Waals surface area contributed by atoms with Crippen LogP contribution in [-0.2, 0) is 10.0 Å². The quantitative estimate of drug-likeness (QED) is 0.822. The fourth-order valence-electron chi connectivity index (χ4n) is 1.36. The van der Waals surface area contributed by atoms with Gasteiger partial charge < -0.3 is 5.73 Å². The molecular weight excluding hydrogens is 354 g/mol. The van der Waals surface area contributed by atoms with Crippen molar-refractivity contribution in [1.82, 2.24) is 4.98 Å². The van der Waals surface area contributed by atoms with E-state index in [9.17, 15) is 8.42 Å². The van der Waals surface area contributed by atoms with E-state index >= 15 is 0 Å². The fraction of sp³-hybridized carbons (Fsp3) is 0. The number of halogens is 2. The molecule has 2 rings (SSSR count). The molecule has 3 N–H and O–H groups in total. The third-order valence-electron chi connectivity index (χ3n) is 2.21. The molecule has 0 saturated carbocycles. The van der Waals surface area contributed by atoms with Crippen LogP contribution in [0.1, 0.15) is 0 Å². The van der Waals surface area contributed by atoms with Crippen LogP contribution in [0.2, 0.25) is 5.02 Å². The number of aromatic nitrogens is 1. The van der Waals surface area contributed by atoms with E-state index in [1.807, 2.05) is 0 Å². The van der Waals surface area contributed by atoms with Crippen molar-refractivity contribution < 1.29 is 8.42 Å². The summed E-state index contributed by atoms with van der Waals surface area (Å²) in [7, 11) is -3.73. The van der Waals surface area contributed by atoms with Gasteiger partial charge in [0.25, 0.3) is 10.0 Å². The normalized spacial score (nSPS) is 11.3. The van der Waals surface area contributed by atoms with Gasteiger partial charge in [-0.05, 0) is 46.3 Å². The molecule has 0 radical (unpaired) electrons. The van der Waals surface area contributed by atoms with E-state index in [1.165, 1.54) is 30.5 Å². The van der Waals surface area contributed by atoms with Crippen LogP contribution in [0.4, 0.5) is 11.5 Å². The molecule has 1 aromatic heterocycles. The van der Waals surface area contributed by atoms with Gasteiger partial charge in [0.2, 0.25) is 0 Å². The van der Waals surface area contributed by atoms with Gasteiger partial charge in [0, 0.05) is 16.4 Å². The summed E-state index contributed by atoms with van der Waals surface area (Å²) in [5, 5.41) is 0.427. The van der Waals surface area contributed by atoms with Gasteiger partial charge in [-0.15, -0.1) is 0 Å². The standard InChI is InChI=1S/C11H9BrClN3O2S/c12-9-5-8(14)2-3-10(9)19(17,18)16-11-4-1-7(13)6-15-11/h1-6H,14H2,(H,15,16). The molecule has 0 spiro atoms. The van der Waals surface area contributed by atoms with Crippen LogP contribution in [0.15, 0.2) is 45.9 Å². The number of nitrogen functional groups attached to an aromatic ring is 1. The second-order valence-corrected chi connectivity index (χ2v) is 6.60. The number of nitrogens with zero attached hydrogens (tertiary/aromatic N) is 1. The van der Waals surface area contributed by atoms with Gasteiger partial charge in [0.05, 0.1) is 5.02 Å². The molecule has 0 amide bonds. The highest BCUT2D eigenvalue weighted by atomic mass is 79.9. The van der Waals surface area contributed by atoms with Gasteiger partial charge in [-0.1, -0.05) is 11.6 Å². The summed E-state index contributed by atoms with van der Waals surface area (Å²) in [4.78, 5) is 3.96. The maximum absolute atomic E-state index is 12.2. The summed E-state index contributed by atoms with van der Waals surface area (Å²) in [5.74, 6) is 0.188. The lowest BCUT2D eigenvalue weighted by Crippen LogP contribution is -2.14. The Morgan fingerprint density at radius 1 is 1.26 bits per heavy atom. The van der Waals surface area contributed by atoms with Crippen molar-refractivity contribution in [2.75, 3.05) is 10.5 Å². The van der Waals surface area contributed by atoms with Gasteiger partial charge in [0.1, 0.15) is 10.7 Å². The van der Waals surface area contributed by atoms with Crippen LogP contribution in [-0.4, -0.2) is 13.4 Å². The Morgan fingerprint density at radius 2 is 2.00 bits per heavy atom. The minimum Gasteiger partial charge on any atom is -0.399 e. The molecule has 2 aromatic rings. The summed E-state index contributed by atoms with van der Waals surface area (Å²) in [5.41, 5.74) is 6.04. The molecule has 100 valence electrons. The van der Waals surface area contributed by atoms with Gasteiger partial charge in [-0.3, -0.25) is 4.72 Å². The van der Waals surface area contributed by atoms with Crippen molar-refractivity contribution in [2.24, 2.45) is 0 Å². The molecule has 0 unspecified atom stereocenters. The lowest BCUT2D eigenvalue weighted by Gasteiger charge is -2.09. The molecule has 0 bridgehead atoms. The average Bonchev–Trinajstić information content (AvgIpc) is 2.31. The number of nitrogens with one attached hydrogen (secondary N) is 1. The number of sulfonamides is 1. The smallest absolute Gasteiger partial charge is 0.264 e. The van der Waals surface area contributed by atoms with Crippen LogP contribution >= 0.6 is 27.5 Å². The summed E-state index contributed by atoms with van der Waals surface area (Å²) in [6.45, 7) is 0. The highest BCUT2D eigenvalue weighted by molar-refractivity contribution is 9.10. The molecule has 19 heavy (non-hydrogen) atoms. The second kappa shape index (κ2) is 5.36. The van der Waals surface area contributed by atoms with E-state index < -0.39 is 10.0 Å². The molecule has 0 aliphatic rings. The van der Waals surface area contributed by atoms with Crippen LogP contribution in [0.25, 0.3) is 0 Å². The molecule has 1 heterocycles. The summed E-state index contributed by atoms with van der Waals surface area (Å²) >= 11 is 8.85. The fourth-order valence-corrected chi connectivity index (χ4v) is 3.58. The van der Waals surface area contributed by atoms with Gasteiger partial charge in [0.15, 0.2) is 0 Å². The van der Waals surface area contributed by atoms with Crippen LogP contribution in [0.3, 0.4) is 0 Å². The maximum atomic E-state index is 12.2. The number of nitrogens with two attached hydrogens (primary N) is 1. The van der Waals surface area contributed by atoms with Crippen LogP contribution < -0.4 is 10.5 Å². The molecular formula is C11H9BrClN3O2S. The second-order valence-electron chi connectivity index (χ2n) is 3.66. The van der Waals surface area contributed by atoms with Crippen molar-refractivity contribution >= 4 is 49.1 Å². The zero-order valence-electron chi connectivity index (χ0n) is 9.47. The summed E-state index contributed by atoms with van der Waals surface area (Å²) in [6, 6.07) is 7.46. The molecule has 5 nitrogen and oxygen atoms in total. The Labute approximate surface area is 124 Å². The Kier molecular flexibility index (Phi) is 3.98. The van der Waals surface area contributed by atoms with Gasteiger partial charge >= 0.3 is 0 Å². The van der Waals surface area contributed by atoms with Crippen molar-refractivity contribution in [2.45, 2.75) is 4.90 Å². The van der Waals surface area contributed by atoms with Crippen molar-refractivity contribution in [3.63, 3.8) is 0 Å². The largest absolute Gasteiger partial charge is 0.399 e. The van der Waals surface area contributed by atoms with Crippen molar-refractivity contribution in [3.05, 3.63) is 46.0 Å². The minimum atomic E-state index is -3.73. The van der Waals surface area contributed by atoms with Gasteiger partial charge in [-0.2, -0.15) is 0 Å². The zero-order chi connectivity index (χ0) is 14.0. The number of pyridine rings is 1. The lowest BCUT2D eigenvalue weighted by atomic mass is 10.3. The van der Waals surface area contributed by atoms with E-state index in [2.05, 4.69) is 25.6 Å². The third kappa shape index (κ3) is 3.37. The minimum absolute atomic E-state index is 0.0819. The zero-order valence-corrected chi connectivity index (χ0v) is 12.6. The summed E-state index contributed by atoms with van der Waals surface area (Å²) in [6.07, 6.45) is 1.36. The Balaban J connectivity index is 2.35. The van der Waals surface area contributed by atoms with Crippen LogP contribution in [0.5, 0.6) is 0 Å². The Morgan fingerprint density at radius 3 is 2.58 bits per heavy atom. The molecule has 8 heteroatoms. The van der Waals surface area contributed by atoms with E-state index in [4.69, 9.17) is 17.3 Å². The maximum Gasteiger partial charge on any atom is 0.264 e. The number of hydrogen-bond acceptors (Lipinski definition) is 4. The monoisotopic (exact) mass is 361 g/mol. The lowest BCUT2D eigenvalue weighted by molar-refractivity contribution is 0.600. The first-order valence-electron chi connectivity index (χ1n) is 5.08. The molecule has 0 aliphatic carbocycles. The SMILES string of the molecule is Nc1ccc(S(=O)(=O)Nc2ccc(Cl)cn2)c(Br)c1. The Hall–Kier alpha value is -1.31. The molecule has 0 fully saturated rings. The highest BCUT2D eigenvalue weighted by Gasteiger charge is 2.18. The van der Waals surface area contributed by atoms with E-state index in [0.717, 1.165) is 0 Å². The number of anilines is 2. The summed E-state index contributed by atoms with van der Waals surface area (Å²) < 4.78 is 27.1. The Bertz CT molecular complexity index is 704. The molecule has 0 atom stereocenters. The predicted molar refractivity (Wildman–Crippen MR) is 78.6 cm³/mol. The molecule has 1 aromatic carbocycles. The first-order chi connectivity index (χ1) is 8.88. The van der Waals surface area contributed by atoms with Crippen LogP contribution in [0, 0.1) is 0 Å². The predicted octanol–water partition coefficient (Wildman–Crippen LogP) is 2.88. The third-order valence-corrected chi connectivity index (χ3v) is 4.77. The van der Waals surface area contributed by atoms with Crippen molar-refractivity contribution in [1.29, 1.82) is 0 Å². The van der Waals surface area contributed by atoms with Crippen molar-refractivity contribution in [3.8, 4) is 0 Å². The van der Waals surface area contributed by atoms with Gasteiger partial charge in [-0.25, -0.2) is 13.4 Å². The van der Waals surface area contributed by atoms with E-state index in [-0.39, 0.29) is 10.7 Å².